The van der Waals surface area contributed by atoms with Crippen LogP contribution in [-0.2, 0) is 19.1 Å². The van der Waals surface area contributed by atoms with Crippen LogP contribution >= 0.6 is 23.2 Å². The van der Waals surface area contributed by atoms with Crippen LogP contribution in [0.15, 0.2) is 97.6 Å². The lowest BCUT2D eigenvalue weighted by molar-refractivity contribution is -0.112. The molecule has 0 radical (unpaired) electrons. The number of benzene rings is 4. The molecule has 16 nitrogen and oxygen atoms in total. The highest BCUT2D eigenvalue weighted by Gasteiger charge is 2.23. The summed E-state index contributed by atoms with van der Waals surface area (Å²) in [6.45, 7) is 3.49. The molecule has 2 aromatic heterocycles. The number of aromatic nitrogens is 4. The third kappa shape index (κ3) is 13.8. The van der Waals surface area contributed by atoms with E-state index in [0.717, 1.165) is 12.8 Å². The first-order valence-corrected chi connectivity index (χ1v) is 22.3. The van der Waals surface area contributed by atoms with Gasteiger partial charge in [-0.2, -0.15) is 0 Å². The lowest BCUT2D eigenvalue weighted by atomic mass is 10.1. The topological polar surface area (TPSA) is 177 Å². The Bertz CT molecular complexity index is 2620. The number of nitrogens with zero attached hydrogens (tertiary/aromatic N) is 6. The molecular formula is C48H50Cl2F2N10O6. The van der Waals surface area contributed by atoms with Crippen molar-refractivity contribution in [3.05, 3.63) is 119 Å². The number of likely N-dealkylation sites (N-methyl/N-ethyl adjacent to an activating group) is 2. The van der Waals surface area contributed by atoms with Crippen molar-refractivity contribution >= 4 is 91.2 Å². The second kappa shape index (κ2) is 23.5. The van der Waals surface area contributed by atoms with Crippen LogP contribution in [0.4, 0.5) is 43.2 Å². The Morgan fingerprint density at radius 2 is 1.09 bits per heavy atom. The fourth-order valence-corrected chi connectivity index (χ4v) is 7.20. The van der Waals surface area contributed by atoms with E-state index in [9.17, 15) is 18.4 Å². The molecule has 4 N–H and O–H groups in total. The van der Waals surface area contributed by atoms with Crippen LogP contribution < -0.4 is 30.7 Å². The summed E-state index contributed by atoms with van der Waals surface area (Å²) in [5.74, 6) is 0.341. The molecule has 0 unspecified atom stereocenters. The third-order valence-electron chi connectivity index (χ3n) is 10.2. The first-order valence-electron chi connectivity index (χ1n) is 21.5. The summed E-state index contributed by atoms with van der Waals surface area (Å²) in [5, 5.41) is 13.3. The fraction of sp³-hybridized carbons (Fsp3) is 0.292. The Hall–Kier alpha value is -6.54. The average molecular weight is 972 g/mol. The number of nitrogens with one attached hydrogen (secondary N) is 4. The molecule has 20 heteroatoms. The standard InChI is InChI=1S/2C24H25ClFN5O3/c2*1-31(2)8-3-4-23(32)30-21-11-17-20(12-22(21)34-16-7-9-33-13-16)27-14-28-24(17)29-15-5-6-19(26)18(25)10-15/h2*3-6,10-12,14,16H,7-9,13H2,1-2H3,(H,30,32)(H,27,28,29)/t2*16-/m10/s1. The molecular weight excluding hydrogens is 921 g/mol. The van der Waals surface area contributed by atoms with E-state index in [2.05, 4.69) is 41.2 Å². The van der Waals surface area contributed by atoms with E-state index < -0.39 is 11.6 Å². The van der Waals surface area contributed by atoms with Gasteiger partial charge in [0.1, 0.15) is 59.6 Å². The summed E-state index contributed by atoms with van der Waals surface area (Å²) in [5.41, 5.74) is 3.31. The van der Waals surface area contributed by atoms with Gasteiger partial charge < -0.3 is 50.0 Å². The maximum atomic E-state index is 13.6. The van der Waals surface area contributed by atoms with Gasteiger partial charge in [0.05, 0.1) is 58.9 Å². The van der Waals surface area contributed by atoms with Crippen molar-refractivity contribution in [2.24, 2.45) is 0 Å². The molecule has 68 heavy (non-hydrogen) atoms. The molecule has 8 rings (SSSR count). The average Bonchev–Trinajstić information content (AvgIpc) is 4.02. The molecule has 0 saturated carbocycles. The Labute approximate surface area is 401 Å². The van der Waals surface area contributed by atoms with Gasteiger partial charge in [0.2, 0.25) is 11.8 Å². The molecule has 2 amide bonds. The highest BCUT2D eigenvalue weighted by atomic mass is 35.5. The number of halogens is 4. The summed E-state index contributed by atoms with van der Waals surface area (Å²) in [6.07, 6.45) is 10.6. The van der Waals surface area contributed by atoms with Crippen molar-refractivity contribution < 1.29 is 37.3 Å². The lowest BCUT2D eigenvalue weighted by Gasteiger charge is -2.17. The Morgan fingerprint density at radius 1 is 0.662 bits per heavy atom. The van der Waals surface area contributed by atoms with Crippen LogP contribution in [0, 0.1) is 11.6 Å². The zero-order valence-electron chi connectivity index (χ0n) is 37.7. The van der Waals surface area contributed by atoms with Crippen molar-refractivity contribution in [1.82, 2.24) is 29.7 Å². The highest BCUT2D eigenvalue weighted by molar-refractivity contribution is 6.31. The van der Waals surface area contributed by atoms with Crippen molar-refractivity contribution in [3.63, 3.8) is 0 Å². The summed E-state index contributed by atoms with van der Waals surface area (Å²) >= 11 is 11.8. The number of anilines is 6. The molecule has 356 valence electrons. The molecule has 0 bridgehead atoms. The zero-order valence-corrected chi connectivity index (χ0v) is 39.2. The second-order valence-electron chi connectivity index (χ2n) is 16.2. The SMILES string of the molecule is CN(C)CC=CC(=O)Nc1cc2c(Nc3ccc(F)c(Cl)c3)ncnc2cc1O[C@@H]1CCOC1.CN(C)CC=CC(=O)Nc1cc2c(Nc3ccc(F)c(Cl)c3)ncnc2cc1O[C@H]1CCOC1. The predicted octanol–water partition coefficient (Wildman–Crippen LogP) is 8.78. The molecule has 2 fully saturated rings. The van der Waals surface area contributed by atoms with Crippen LogP contribution in [0.5, 0.6) is 11.5 Å². The van der Waals surface area contributed by atoms with Gasteiger partial charge in [-0.1, -0.05) is 35.4 Å². The van der Waals surface area contributed by atoms with E-state index in [1.165, 1.54) is 49.1 Å². The van der Waals surface area contributed by atoms with Gasteiger partial charge in [-0.15, -0.1) is 0 Å². The smallest absolute Gasteiger partial charge is 0.248 e. The van der Waals surface area contributed by atoms with Crippen molar-refractivity contribution in [3.8, 4) is 11.5 Å². The molecule has 0 spiro atoms. The fourth-order valence-electron chi connectivity index (χ4n) is 6.84. The van der Waals surface area contributed by atoms with E-state index in [1.54, 1.807) is 48.6 Å². The van der Waals surface area contributed by atoms with E-state index in [-0.39, 0.29) is 34.1 Å². The van der Waals surface area contributed by atoms with E-state index in [1.807, 2.05) is 38.0 Å². The monoisotopic (exact) mass is 970 g/mol. The van der Waals surface area contributed by atoms with Gasteiger partial charge in [0, 0.05) is 72.4 Å². The molecule has 2 saturated heterocycles. The quantitative estimate of drug-likeness (QED) is 0.0677. The minimum Gasteiger partial charge on any atom is -0.486 e. The van der Waals surface area contributed by atoms with Gasteiger partial charge in [-0.3, -0.25) is 9.59 Å². The van der Waals surface area contributed by atoms with Crippen LogP contribution in [0.3, 0.4) is 0 Å². The van der Waals surface area contributed by atoms with Crippen molar-refractivity contribution in [2.75, 3.05) is 89.0 Å². The van der Waals surface area contributed by atoms with Crippen molar-refractivity contribution in [2.45, 2.75) is 25.0 Å². The van der Waals surface area contributed by atoms with E-state index in [4.69, 9.17) is 42.1 Å². The number of carbonyl (C=O) groups excluding carboxylic acids is 2. The van der Waals surface area contributed by atoms with Crippen LogP contribution in [0.2, 0.25) is 10.0 Å². The van der Waals surface area contributed by atoms with Crippen LogP contribution in [0.25, 0.3) is 21.8 Å². The Kier molecular flexibility index (Phi) is 17.0. The highest BCUT2D eigenvalue weighted by Crippen LogP contribution is 2.37. The Balaban J connectivity index is 0.000000201. The molecule has 4 aromatic carbocycles. The molecule has 6 aromatic rings. The largest absolute Gasteiger partial charge is 0.486 e. The number of hydrogen-bond donors (Lipinski definition) is 4. The van der Waals surface area contributed by atoms with Gasteiger partial charge in [0.15, 0.2) is 0 Å². The third-order valence-corrected chi connectivity index (χ3v) is 10.8. The summed E-state index contributed by atoms with van der Waals surface area (Å²) < 4.78 is 50.2. The first-order chi connectivity index (χ1) is 32.8. The molecule has 2 aliphatic rings. The second-order valence-corrected chi connectivity index (χ2v) is 17.0. The summed E-state index contributed by atoms with van der Waals surface area (Å²) in [7, 11) is 7.68. The summed E-state index contributed by atoms with van der Waals surface area (Å²) in [6, 6.07) is 15.6. The molecule has 4 heterocycles. The van der Waals surface area contributed by atoms with Crippen LogP contribution in [0.1, 0.15) is 12.8 Å². The minimum absolute atomic E-state index is 0.00436. The number of amides is 2. The number of carbonyl (C=O) groups is 2. The summed E-state index contributed by atoms with van der Waals surface area (Å²) in [4.78, 5) is 46.4. The Morgan fingerprint density at radius 3 is 1.46 bits per heavy atom. The normalized spacial score (nSPS) is 15.9. The maximum absolute atomic E-state index is 13.6. The van der Waals surface area contributed by atoms with Gasteiger partial charge >= 0.3 is 0 Å². The number of ether oxygens (including phenoxy) is 4. The van der Waals surface area contributed by atoms with E-state index >= 15 is 0 Å². The van der Waals surface area contributed by atoms with E-state index in [0.29, 0.717) is 107 Å². The number of rotatable bonds is 16. The maximum Gasteiger partial charge on any atom is 0.248 e. The molecule has 0 aliphatic carbocycles. The lowest BCUT2D eigenvalue weighted by Crippen LogP contribution is -2.18. The minimum atomic E-state index is -0.509. The van der Waals surface area contributed by atoms with Gasteiger partial charge in [-0.25, -0.2) is 28.7 Å². The predicted molar refractivity (Wildman–Crippen MR) is 261 cm³/mol. The first kappa shape index (κ1) is 49.4. The number of fused-ring (bicyclic) bond motifs is 2. The zero-order chi connectivity index (χ0) is 48.2. The van der Waals surface area contributed by atoms with Crippen molar-refractivity contribution in [1.29, 1.82) is 0 Å². The number of hydrogen-bond acceptors (Lipinski definition) is 14. The van der Waals surface area contributed by atoms with Crippen LogP contribution in [-0.4, -0.2) is 121 Å². The molecule has 2 aliphatic heterocycles. The molecule has 2 atom stereocenters. The van der Waals surface area contributed by atoms with Gasteiger partial charge in [0.25, 0.3) is 0 Å². The van der Waals surface area contributed by atoms with Gasteiger partial charge in [-0.05, 0) is 76.7 Å².